The lowest BCUT2D eigenvalue weighted by Gasteiger charge is -2.34. The number of piperidine rings is 1. The van der Waals surface area contributed by atoms with Crippen LogP contribution in [0.5, 0.6) is 0 Å². The Kier molecular flexibility index (Phi) is 6.42. The predicted octanol–water partition coefficient (Wildman–Crippen LogP) is 4.66. The number of Topliss-reactive ketones (excluding diaryl/α,β-unsaturated/α-hetero) is 1. The molecule has 0 saturated carbocycles. The molecule has 5 rings (SSSR count). The number of ketones is 1. The van der Waals surface area contributed by atoms with Crippen LogP contribution >= 0.6 is 11.3 Å². The number of hydrogen-bond donors (Lipinski definition) is 0. The number of nitrogens with zero attached hydrogens (tertiary/aromatic N) is 4. The highest BCUT2D eigenvalue weighted by molar-refractivity contribution is 7.10. The Labute approximate surface area is 210 Å². The van der Waals surface area contributed by atoms with E-state index in [2.05, 4.69) is 18.5 Å². The fourth-order valence-electron chi connectivity index (χ4n) is 5.91. The van der Waals surface area contributed by atoms with Crippen molar-refractivity contribution in [3.63, 3.8) is 0 Å². The number of amides is 2. The molecule has 0 bridgehead atoms. The van der Waals surface area contributed by atoms with Crippen LogP contribution in [-0.2, 0) is 16.0 Å². The number of fused-ring (bicyclic) bond motifs is 1. The van der Waals surface area contributed by atoms with Crippen molar-refractivity contribution >= 4 is 35.0 Å². The zero-order valence-electron chi connectivity index (χ0n) is 20.8. The van der Waals surface area contributed by atoms with E-state index in [1.54, 1.807) is 24.3 Å². The van der Waals surface area contributed by atoms with E-state index in [4.69, 9.17) is 5.10 Å². The van der Waals surface area contributed by atoms with Gasteiger partial charge >= 0.3 is 0 Å². The molecule has 35 heavy (non-hydrogen) atoms. The fourth-order valence-corrected chi connectivity index (χ4v) is 6.53. The van der Waals surface area contributed by atoms with Gasteiger partial charge in [0.05, 0.1) is 29.0 Å². The fraction of sp³-hybridized carbons (Fsp3) is 0.556. The molecule has 0 N–H and O–H groups in total. The number of aromatic nitrogens is 2. The SMILES string of the molecule is CC(=O)N1CCC(n2nc([C@H]3CCCN3C(=O)/C=C/c3cccs3)c3c2CC(C)(C)CC3=O)CC1. The van der Waals surface area contributed by atoms with E-state index in [1.165, 1.54) is 0 Å². The van der Waals surface area contributed by atoms with Gasteiger partial charge in [-0.1, -0.05) is 19.9 Å². The van der Waals surface area contributed by atoms with Crippen molar-refractivity contribution < 1.29 is 14.4 Å². The summed E-state index contributed by atoms with van der Waals surface area (Å²) in [7, 11) is 0. The van der Waals surface area contributed by atoms with Crippen molar-refractivity contribution in [1.29, 1.82) is 0 Å². The number of rotatable bonds is 4. The van der Waals surface area contributed by atoms with Crippen molar-refractivity contribution in [2.45, 2.75) is 71.4 Å². The molecule has 7 nitrogen and oxygen atoms in total. The average molecular weight is 495 g/mol. The molecule has 2 amide bonds. The Balaban J connectivity index is 1.47. The quantitative estimate of drug-likeness (QED) is 0.580. The molecule has 0 aromatic carbocycles. The van der Waals surface area contributed by atoms with Gasteiger partial charge in [-0.2, -0.15) is 5.10 Å². The van der Waals surface area contributed by atoms with Crippen molar-refractivity contribution in [3.05, 3.63) is 45.4 Å². The number of carbonyl (C=O) groups is 3. The van der Waals surface area contributed by atoms with E-state index in [1.807, 2.05) is 33.4 Å². The van der Waals surface area contributed by atoms with Gasteiger partial charge < -0.3 is 9.80 Å². The smallest absolute Gasteiger partial charge is 0.247 e. The molecule has 2 aliphatic heterocycles. The first-order valence-corrected chi connectivity index (χ1v) is 13.5. The average Bonchev–Trinajstić information content (AvgIpc) is 3.56. The van der Waals surface area contributed by atoms with Crippen molar-refractivity contribution in [1.82, 2.24) is 19.6 Å². The van der Waals surface area contributed by atoms with E-state index in [0.29, 0.717) is 26.1 Å². The summed E-state index contributed by atoms with van der Waals surface area (Å²) in [5, 5.41) is 7.10. The Bertz CT molecular complexity index is 1160. The van der Waals surface area contributed by atoms with Crippen LogP contribution in [0.2, 0.25) is 0 Å². The van der Waals surface area contributed by atoms with Crippen molar-refractivity contribution in [3.8, 4) is 0 Å². The number of thiophene rings is 1. The highest BCUT2D eigenvalue weighted by atomic mass is 32.1. The largest absolute Gasteiger partial charge is 0.343 e. The van der Waals surface area contributed by atoms with Crippen molar-refractivity contribution in [2.75, 3.05) is 19.6 Å². The number of hydrogen-bond acceptors (Lipinski definition) is 5. The highest BCUT2D eigenvalue weighted by Gasteiger charge is 2.42. The van der Waals surface area contributed by atoms with Gasteiger partial charge in [0.1, 0.15) is 0 Å². The van der Waals surface area contributed by atoms with E-state index in [0.717, 1.165) is 53.9 Å². The van der Waals surface area contributed by atoms with E-state index in [-0.39, 0.29) is 35.1 Å². The molecule has 1 aliphatic carbocycles. The predicted molar refractivity (Wildman–Crippen MR) is 136 cm³/mol. The second-order valence-electron chi connectivity index (χ2n) is 10.9. The molecule has 1 atom stereocenters. The summed E-state index contributed by atoms with van der Waals surface area (Å²) in [6.07, 6.45) is 8.20. The van der Waals surface area contributed by atoms with E-state index >= 15 is 0 Å². The Hall–Kier alpha value is -2.74. The molecule has 4 heterocycles. The standard InChI is InChI=1S/C27H34N4O3S/c1-18(32)29-13-10-19(11-14-29)31-22-16-27(2,3)17-23(33)25(22)26(28-31)21-7-4-12-30(21)24(34)9-8-20-6-5-15-35-20/h5-6,8-9,15,19,21H,4,7,10-14,16-17H2,1-3H3/b9-8+/t21-/m1/s1. The molecule has 2 saturated heterocycles. The third-order valence-corrected chi connectivity index (χ3v) is 8.48. The zero-order valence-corrected chi connectivity index (χ0v) is 21.6. The van der Waals surface area contributed by atoms with Gasteiger partial charge in [0.15, 0.2) is 5.78 Å². The first-order valence-electron chi connectivity index (χ1n) is 12.7. The molecule has 3 aliphatic rings. The van der Waals surface area contributed by atoms with Crippen LogP contribution in [0.25, 0.3) is 6.08 Å². The monoisotopic (exact) mass is 494 g/mol. The summed E-state index contributed by atoms with van der Waals surface area (Å²) in [6, 6.07) is 3.96. The third-order valence-electron chi connectivity index (χ3n) is 7.64. The minimum atomic E-state index is -0.173. The molecular weight excluding hydrogens is 460 g/mol. The Morgan fingerprint density at radius 3 is 2.60 bits per heavy atom. The first-order chi connectivity index (χ1) is 16.7. The Morgan fingerprint density at radius 2 is 1.91 bits per heavy atom. The van der Waals surface area contributed by atoms with Gasteiger partial charge in [-0.05, 0) is 55.0 Å². The molecule has 2 fully saturated rings. The summed E-state index contributed by atoms with van der Waals surface area (Å²) in [6.45, 7) is 8.00. The van der Waals surface area contributed by atoms with Gasteiger partial charge in [0.2, 0.25) is 11.8 Å². The maximum absolute atomic E-state index is 13.5. The number of carbonyl (C=O) groups excluding carboxylic acids is 3. The molecular formula is C27H34N4O3S. The van der Waals surface area contributed by atoms with Gasteiger partial charge in [-0.25, -0.2) is 0 Å². The molecule has 186 valence electrons. The molecule has 0 radical (unpaired) electrons. The minimum Gasteiger partial charge on any atom is -0.343 e. The van der Waals surface area contributed by atoms with Crippen LogP contribution in [0.15, 0.2) is 23.6 Å². The summed E-state index contributed by atoms with van der Waals surface area (Å²) in [5.41, 5.74) is 2.44. The van der Waals surface area contributed by atoms with E-state index < -0.39 is 0 Å². The molecule has 8 heteroatoms. The Morgan fingerprint density at radius 1 is 1.14 bits per heavy atom. The van der Waals surface area contributed by atoms with Gasteiger partial charge in [0.25, 0.3) is 0 Å². The molecule has 2 aromatic rings. The molecule has 0 spiro atoms. The van der Waals surface area contributed by atoms with Crippen LogP contribution in [0.3, 0.4) is 0 Å². The molecule has 0 unspecified atom stereocenters. The summed E-state index contributed by atoms with van der Waals surface area (Å²) < 4.78 is 2.10. The lowest BCUT2D eigenvalue weighted by molar-refractivity contribution is -0.130. The van der Waals surface area contributed by atoms with Crippen molar-refractivity contribution in [2.24, 2.45) is 5.41 Å². The normalized spacial score (nSPS) is 22.7. The van der Waals surface area contributed by atoms with Crippen LogP contribution in [0, 0.1) is 5.41 Å². The minimum absolute atomic E-state index is 0.0254. The first kappa shape index (κ1) is 24.0. The highest BCUT2D eigenvalue weighted by Crippen LogP contribution is 2.43. The maximum atomic E-state index is 13.5. The summed E-state index contributed by atoms with van der Waals surface area (Å²) in [4.78, 5) is 43.3. The van der Waals surface area contributed by atoms with Crippen LogP contribution < -0.4 is 0 Å². The molecule has 2 aromatic heterocycles. The lowest BCUT2D eigenvalue weighted by atomic mass is 9.75. The summed E-state index contributed by atoms with van der Waals surface area (Å²) >= 11 is 1.60. The van der Waals surface area contributed by atoms with Crippen LogP contribution in [-0.4, -0.2) is 56.8 Å². The van der Waals surface area contributed by atoms with Gasteiger partial charge in [-0.15, -0.1) is 11.3 Å². The second kappa shape index (κ2) is 9.37. The zero-order chi connectivity index (χ0) is 24.7. The topological polar surface area (TPSA) is 75.5 Å². The van der Waals surface area contributed by atoms with Crippen LogP contribution in [0.1, 0.15) is 91.6 Å². The van der Waals surface area contributed by atoms with Gasteiger partial charge in [-0.3, -0.25) is 19.1 Å². The second-order valence-corrected chi connectivity index (χ2v) is 11.8. The third kappa shape index (κ3) is 4.73. The number of likely N-dealkylation sites (tertiary alicyclic amines) is 2. The summed E-state index contributed by atoms with van der Waals surface area (Å²) in [5.74, 6) is 0.230. The van der Waals surface area contributed by atoms with Gasteiger partial charge in [0, 0.05) is 43.9 Å². The lowest BCUT2D eigenvalue weighted by Crippen LogP contribution is -2.38. The van der Waals surface area contributed by atoms with Crippen LogP contribution in [0.4, 0.5) is 0 Å². The maximum Gasteiger partial charge on any atom is 0.247 e. The van der Waals surface area contributed by atoms with E-state index in [9.17, 15) is 14.4 Å².